The van der Waals surface area contributed by atoms with Crippen LogP contribution in [0.1, 0.15) is 5.56 Å². The topological polar surface area (TPSA) is 52.0 Å². The first-order valence-corrected chi connectivity index (χ1v) is 4.26. The van der Waals surface area contributed by atoms with Gasteiger partial charge in [0.1, 0.15) is 5.69 Å². The zero-order chi connectivity index (χ0) is 11.0. The number of anilines is 1. The highest BCUT2D eigenvalue weighted by Crippen LogP contribution is 2.26. The molecule has 0 bridgehead atoms. The number of halogens is 2. The fraction of sp³-hybridized carbons (Fsp3) is 0.100. The van der Waals surface area contributed by atoms with Crippen molar-refractivity contribution in [3.8, 4) is 11.3 Å². The summed E-state index contributed by atoms with van der Waals surface area (Å²) in [5.74, 6) is -1.76. The number of benzene rings is 1. The second kappa shape index (κ2) is 3.34. The van der Waals surface area contributed by atoms with Crippen LogP contribution in [-0.2, 0) is 0 Å². The van der Waals surface area contributed by atoms with E-state index in [1.165, 1.54) is 25.1 Å². The molecule has 2 rings (SSSR count). The van der Waals surface area contributed by atoms with Crippen LogP contribution in [0, 0.1) is 18.6 Å². The van der Waals surface area contributed by atoms with Gasteiger partial charge in [-0.25, -0.2) is 8.78 Å². The van der Waals surface area contributed by atoms with Gasteiger partial charge < -0.3 is 10.3 Å². The molecule has 0 radical (unpaired) electrons. The van der Waals surface area contributed by atoms with E-state index >= 15 is 0 Å². The van der Waals surface area contributed by atoms with Crippen LogP contribution in [0.2, 0.25) is 0 Å². The fourth-order valence-electron chi connectivity index (χ4n) is 1.26. The van der Waals surface area contributed by atoms with Crippen LogP contribution >= 0.6 is 0 Å². The van der Waals surface area contributed by atoms with Crippen molar-refractivity contribution in [3.05, 3.63) is 35.4 Å². The number of aromatic nitrogens is 1. The van der Waals surface area contributed by atoms with Gasteiger partial charge in [0.05, 0.1) is 0 Å². The van der Waals surface area contributed by atoms with Crippen molar-refractivity contribution in [1.29, 1.82) is 0 Å². The fourth-order valence-corrected chi connectivity index (χ4v) is 1.26. The summed E-state index contributed by atoms with van der Waals surface area (Å²) in [6.45, 7) is 1.49. The molecule has 5 heteroatoms. The van der Waals surface area contributed by atoms with Crippen molar-refractivity contribution in [2.24, 2.45) is 0 Å². The summed E-state index contributed by atoms with van der Waals surface area (Å²) in [5.41, 5.74) is 5.76. The Morgan fingerprint density at radius 3 is 2.60 bits per heavy atom. The van der Waals surface area contributed by atoms with E-state index in [9.17, 15) is 8.78 Å². The van der Waals surface area contributed by atoms with Gasteiger partial charge >= 0.3 is 0 Å². The third-order valence-electron chi connectivity index (χ3n) is 2.08. The first kappa shape index (κ1) is 9.64. The van der Waals surface area contributed by atoms with Gasteiger partial charge in [0.2, 0.25) is 5.88 Å². The Labute approximate surface area is 84.5 Å². The van der Waals surface area contributed by atoms with Crippen LogP contribution in [0.25, 0.3) is 11.3 Å². The zero-order valence-electron chi connectivity index (χ0n) is 7.92. The predicted molar refractivity (Wildman–Crippen MR) is 51.0 cm³/mol. The lowest BCUT2D eigenvalue weighted by molar-refractivity contribution is 0.438. The molecule has 1 heterocycles. The zero-order valence-corrected chi connectivity index (χ0v) is 7.92. The lowest BCUT2D eigenvalue weighted by atomic mass is 10.1. The Morgan fingerprint density at radius 2 is 2.00 bits per heavy atom. The van der Waals surface area contributed by atoms with Crippen LogP contribution < -0.4 is 5.73 Å². The largest absolute Gasteiger partial charge is 0.368 e. The molecule has 1 aromatic heterocycles. The van der Waals surface area contributed by atoms with Gasteiger partial charge in [-0.05, 0) is 18.6 Å². The highest BCUT2D eigenvalue weighted by Gasteiger charge is 2.15. The predicted octanol–water partition coefficient (Wildman–Crippen LogP) is 2.51. The molecular weight excluding hydrogens is 202 g/mol. The average molecular weight is 210 g/mol. The molecule has 15 heavy (non-hydrogen) atoms. The number of aryl methyl sites for hydroxylation is 1. The molecular formula is C10H8F2N2O. The second-order valence-electron chi connectivity index (χ2n) is 3.17. The van der Waals surface area contributed by atoms with Crippen molar-refractivity contribution in [3.63, 3.8) is 0 Å². The van der Waals surface area contributed by atoms with Crippen LogP contribution in [0.3, 0.4) is 0 Å². The first-order valence-electron chi connectivity index (χ1n) is 4.26. The molecule has 0 aliphatic rings. The van der Waals surface area contributed by atoms with E-state index in [1.807, 2.05) is 0 Å². The van der Waals surface area contributed by atoms with E-state index in [1.54, 1.807) is 0 Å². The summed E-state index contributed by atoms with van der Waals surface area (Å²) in [5, 5.41) is 3.51. The molecule has 2 N–H and O–H groups in total. The smallest absolute Gasteiger partial charge is 0.222 e. The van der Waals surface area contributed by atoms with E-state index < -0.39 is 11.6 Å². The average Bonchev–Trinajstić information content (AvgIpc) is 2.61. The minimum absolute atomic E-state index is 0.0403. The lowest BCUT2D eigenvalue weighted by Crippen LogP contribution is -1.92. The van der Waals surface area contributed by atoms with Crippen molar-refractivity contribution >= 4 is 5.88 Å². The van der Waals surface area contributed by atoms with Gasteiger partial charge in [0.25, 0.3) is 0 Å². The van der Waals surface area contributed by atoms with Crippen LogP contribution in [-0.4, -0.2) is 5.16 Å². The molecule has 78 valence electrons. The van der Waals surface area contributed by atoms with Gasteiger partial charge in [-0.3, -0.25) is 0 Å². The standard InChI is InChI=1S/C10H8F2N2O/c1-5-2-3-6(10(12)9(5)11)7-4-8(13)15-14-7/h2-4H,13H2,1H3. The van der Waals surface area contributed by atoms with E-state index in [-0.39, 0.29) is 22.7 Å². The molecule has 0 saturated heterocycles. The molecule has 0 unspecified atom stereocenters. The van der Waals surface area contributed by atoms with Gasteiger partial charge in [0, 0.05) is 11.6 Å². The first-order chi connectivity index (χ1) is 7.09. The number of rotatable bonds is 1. The maximum absolute atomic E-state index is 13.5. The summed E-state index contributed by atoms with van der Waals surface area (Å²) < 4.78 is 31.3. The summed E-state index contributed by atoms with van der Waals surface area (Å²) in [6, 6.07) is 4.25. The number of nitrogens with zero attached hydrogens (tertiary/aromatic N) is 1. The normalized spacial score (nSPS) is 10.6. The van der Waals surface area contributed by atoms with Crippen LogP contribution in [0.4, 0.5) is 14.7 Å². The molecule has 0 fully saturated rings. The minimum atomic E-state index is -0.941. The van der Waals surface area contributed by atoms with Crippen molar-refractivity contribution in [2.75, 3.05) is 5.73 Å². The van der Waals surface area contributed by atoms with Crippen LogP contribution in [0.15, 0.2) is 22.7 Å². The molecule has 0 saturated carbocycles. The van der Waals surface area contributed by atoms with Gasteiger partial charge in [-0.15, -0.1) is 0 Å². The Balaban J connectivity index is 2.59. The van der Waals surface area contributed by atoms with Gasteiger partial charge in [-0.1, -0.05) is 11.2 Å². The van der Waals surface area contributed by atoms with E-state index in [4.69, 9.17) is 5.73 Å². The number of hydrogen-bond donors (Lipinski definition) is 1. The maximum atomic E-state index is 13.5. The summed E-state index contributed by atoms with van der Waals surface area (Å²) in [6.07, 6.45) is 0. The number of nitrogen functional groups attached to an aromatic ring is 1. The summed E-state index contributed by atoms with van der Waals surface area (Å²) in [7, 11) is 0. The molecule has 1 aromatic carbocycles. The summed E-state index contributed by atoms with van der Waals surface area (Å²) in [4.78, 5) is 0. The SMILES string of the molecule is Cc1ccc(-c2cc(N)on2)c(F)c1F. The monoisotopic (exact) mass is 210 g/mol. The Hall–Kier alpha value is -1.91. The lowest BCUT2D eigenvalue weighted by Gasteiger charge is -2.01. The second-order valence-corrected chi connectivity index (χ2v) is 3.17. The number of nitrogens with two attached hydrogens (primary N) is 1. The third kappa shape index (κ3) is 1.56. The third-order valence-corrected chi connectivity index (χ3v) is 2.08. The van der Waals surface area contributed by atoms with E-state index in [2.05, 4.69) is 9.68 Å². The number of hydrogen-bond acceptors (Lipinski definition) is 3. The molecule has 3 nitrogen and oxygen atoms in total. The molecule has 2 aromatic rings. The van der Waals surface area contributed by atoms with E-state index in [0.29, 0.717) is 0 Å². The van der Waals surface area contributed by atoms with E-state index in [0.717, 1.165) is 0 Å². The Bertz CT molecular complexity index is 508. The Morgan fingerprint density at radius 1 is 1.27 bits per heavy atom. The molecule has 0 atom stereocenters. The quantitative estimate of drug-likeness (QED) is 0.786. The molecule has 0 aliphatic heterocycles. The van der Waals surface area contributed by atoms with Crippen molar-refractivity contribution in [2.45, 2.75) is 6.92 Å². The molecule has 0 spiro atoms. The van der Waals surface area contributed by atoms with Crippen LogP contribution in [0.5, 0.6) is 0 Å². The minimum Gasteiger partial charge on any atom is -0.368 e. The maximum Gasteiger partial charge on any atom is 0.222 e. The highest BCUT2D eigenvalue weighted by molar-refractivity contribution is 5.62. The molecule has 0 aliphatic carbocycles. The molecule has 0 amide bonds. The van der Waals surface area contributed by atoms with Gasteiger partial charge in [0.15, 0.2) is 11.6 Å². The van der Waals surface area contributed by atoms with Crippen molar-refractivity contribution in [1.82, 2.24) is 5.16 Å². The highest BCUT2D eigenvalue weighted by atomic mass is 19.2. The van der Waals surface area contributed by atoms with Crippen molar-refractivity contribution < 1.29 is 13.3 Å². The Kier molecular flexibility index (Phi) is 2.15. The summed E-state index contributed by atoms with van der Waals surface area (Å²) >= 11 is 0. The van der Waals surface area contributed by atoms with Gasteiger partial charge in [-0.2, -0.15) is 0 Å².